The molecule has 2 aromatic rings. The first-order valence-corrected chi connectivity index (χ1v) is 9.21. The van der Waals surface area contributed by atoms with Crippen LogP contribution in [0.25, 0.3) is 0 Å². The summed E-state index contributed by atoms with van der Waals surface area (Å²) >= 11 is 1.46. The van der Waals surface area contributed by atoms with E-state index in [-0.39, 0.29) is 11.7 Å². The summed E-state index contributed by atoms with van der Waals surface area (Å²) in [7, 11) is 0. The predicted molar refractivity (Wildman–Crippen MR) is 95.2 cm³/mol. The van der Waals surface area contributed by atoms with Gasteiger partial charge in [0.1, 0.15) is 10.7 Å². The average Bonchev–Trinajstić information content (AvgIpc) is 3.32. The van der Waals surface area contributed by atoms with Gasteiger partial charge in [0.25, 0.3) is 5.91 Å². The summed E-state index contributed by atoms with van der Waals surface area (Å²) in [6.45, 7) is 5.84. The first-order valence-electron chi connectivity index (χ1n) is 8.39. The van der Waals surface area contributed by atoms with E-state index in [9.17, 15) is 9.18 Å². The molecular formula is C18H22FN3OS. The topological polar surface area (TPSA) is 45.2 Å². The highest BCUT2D eigenvalue weighted by molar-refractivity contribution is 7.13. The fraction of sp³-hybridized carbons (Fsp3) is 0.444. The van der Waals surface area contributed by atoms with Gasteiger partial charge in [-0.3, -0.25) is 4.79 Å². The normalized spacial score (nSPS) is 13.8. The smallest absolute Gasteiger partial charge is 0.263 e. The molecule has 1 aromatic heterocycles. The molecule has 1 aromatic carbocycles. The highest BCUT2D eigenvalue weighted by atomic mass is 32.1. The first-order chi connectivity index (χ1) is 11.6. The summed E-state index contributed by atoms with van der Waals surface area (Å²) in [5.74, 6) is 0.158. The lowest BCUT2D eigenvalue weighted by molar-refractivity contribution is 0.0954. The lowest BCUT2D eigenvalue weighted by atomic mass is 10.1. The zero-order valence-electron chi connectivity index (χ0n) is 14.0. The Hall–Kier alpha value is -1.95. The molecule has 1 fully saturated rings. The van der Waals surface area contributed by atoms with Crippen LogP contribution >= 0.6 is 11.3 Å². The maximum atomic E-state index is 14.3. The predicted octanol–water partition coefficient (Wildman–Crippen LogP) is 3.94. The van der Waals surface area contributed by atoms with Gasteiger partial charge < -0.3 is 10.2 Å². The average molecular weight is 347 g/mol. The van der Waals surface area contributed by atoms with Gasteiger partial charge >= 0.3 is 0 Å². The molecule has 1 N–H and O–H groups in total. The zero-order chi connectivity index (χ0) is 17.1. The maximum Gasteiger partial charge on any atom is 0.263 e. The Morgan fingerprint density at radius 1 is 1.38 bits per heavy atom. The van der Waals surface area contributed by atoms with Crippen molar-refractivity contribution in [2.75, 3.05) is 18.0 Å². The van der Waals surface area contributed by atoms with Crippen LogP contribution in [0, 0.1) is 5.82 Å². The molecule has 6 heteroatoms. The number of aromatic nitrogens is 1. The molecule has 0 radical (unpaired) electrons. The molecule has 4 nitrogen and oxygen atoms in total. The van der Waals surface area contributed by atoms with Crippen molar-refractivity contribution in [2.24, 2.45) is 0 Å². The van der Waals surface area contributed by atoms with Gasteiger partial charge in [0, 0.05) is 25.6 Å². The number of carbonyl (C=O) groups excluding carboxylic acids is 1. The van der Waals surface area contributed by atoms with E-state index in [1.807, 2.05) is 24.8 Å². The fourth-order valence-corrected chi connectivity index (χ4v) is 3.67. The number of amides is 1. The number of nitrogens with zero attached hydrogens (tertiary/aromatic N) is 2. The molecule has 0 unspecified atom stereocenters. The monoisotopic (exact) mass is 347 g/mol. The lowest BCUT2D eigenvalue weighted by Gasteiger charge is -2.21. The molecule has 1 aliphatic carbocycles. The van der Waals surface area contributed by atoms with Gasteiger partial charge in [0.15, 0.2) is 0 Å². The van der Waals surface area contributed by atoms with Crippen LogP contribution in [0.5, 0.6) is 0 Å². The summed E-state index contributed by atoms with van der Waals surface area (Å²) < 4.78 is 14.3. The van der Waals surface area contributed by atoms with Crippen LogP contribution in [0.3, 0.4) is 0 Å². The Balaban J connectivity index is 1.61. The van der Waals surface area contributed by atoms with E-state index in [4.69, 9.17) is 0 Å². The molecule has 3 rings (SSSR count). The first kappa shape index (κ1) is 16.9. The fourth-order valence-electron chi connectivity index (χ4n) is 2.66. The van der Waals surface area contributed by atoms with Gasteiger partial charge in [-0.2, -0.15) is 0 Å². The van der Waals surface area contributed by atoms with Gasteiger partial charge in [-0.1, -0.05) is 6.07 Å². The van der Waals surface area contributed by atoms with Crippen molar-refractivity contribution in [1.29, 1.82) is 0 Å². The minimum atomic E-state index is -0.251. The van der Waals surface area contributed by atoms with Gasteiger partial charge in [0.2, 0.25) is 0 Å². The number of nitrogens with one attached hydrogen (secondary N) is 1. The van der Waals surface area contributed by atoms with E-state index < -0.39 is 0 Å². The van der Waals surface area contributed by atoms with Crippen LogP contribution in [0.4, 0.5) is 10.1 Å². The molecule has 1 aliphatic rings. The minimum absolute atomic E-state index is 0.146. The number of rotatable bonds is 7. The van der Waals surface area contributed by atoms with Crippen molar-refractivity contribution in [3.8, 4) is 0 Å². The van der Waals surface area contributed by atoms with E-state index >= 15 is 0 Å². The van der Waals surface area contributed by atoms with E-state index in [0.29, 0.717) is 23.0 Å². The number of hydrogen-bond donors (Lipinski definition) is 1. The number of thiazole rings is 1. The second-order valence-corrected chi connectivity index (χ2v) is 7.04. The highest BCUT2D eigenvalue weighted by Gasteiger charge is 2.27. The molecule has 0 atom stereocenters. The van der Waals surface area contributed by atoms with Crippen molar-refractivity contribution < 1.29 is 9.18 Å². The van der Waals surface area contributed by atoms with Crippen molar-refractivity contribution in [1.82, 2.24) is 10.3 Å². The van der Waals surface area contributed by atoms with Gasteiger partial charge in [-0.05, 0) is 44.4 Å². The third-order valence-electron chi connectivity index (χ3n) is 4.24. The van der Waals surface area contributed by atoms with E-state index in [1.54, 1.807) is 12.3 Å². The Labute approximate surface area is 145 Å². The largest absolute Gasteiger partial charge is 0.370 e. The number of halogens is 1. The summed E-state index contributed by atoms with van der Waals surface area (Å²) in [5.41, 5.74) is 1.36. The summed E-state index contributed by atoms with van der Waals surface area (Å²) in [4.78, 5) is 19.1. The third kappa shape index (κ3) is 3.75. The molecule has 1 heterocycles. The van der Waals surface area contributed by atoms with Gasteiger partial charge in [-0.25, -0.2) is 9.37 Å². The van der Waals surface area contributed by atoms with Crippen LogP contribution < -0.4 is 10.2 Å². The van der Waals surface area contributed by atoms with Gasteiger partial charge in [0.05, 0.1) is 16.9 Å². The van der Waals surface area contributed by atoms with Crippen molar-refractivity contribution >= 4 is 22.9 Å². The Morgan fingerprint density at radius 3 is 2.75 bits per heavy atom. The van der Waals surface area contributed by atoms with Crippen molar-refractivity contribution in [3.63, 3.8) is 0 Å². The number of anilines is 1. The molecule has 0 spiro atoms. The SMILES string of the molecule is CCN(CC)c1ccc(CNC(=O)c2cnc(C3CC3)s2)cc1F. The van der Waals surface area contributed by atoms with Crippen LogP contribution in [0.15, 0.2) is 24.4 Å². The van der Waals surface area contributed by atoms with Crippen molar-refractivity contribution in [2.45, 2.75) is 39.2 Å². The Morgan fingerprint density at radius 2 is 2.12 bits per heavy atom. The summed E-state index contributed by atoms with van der Waals surface area (Å²) in [5, 5.41) is 3.89. The lowest BCUT2D eigenvalue weighted by Crippen LogP contribution is -2.24. The van der Waals surface area contributed by atoms with Crippen LogP contribution in [-0.2, 0) is 6.54 Å². The molecule has 24 heavy (non-hydrogen) atoms. The molecular weight excluding hydrogens is 325 g/mol. The van der Waals surface area contributed by atoms with Crippen molar-refractivity contribution in [3.05, 3.63) is 45.7 Å². The zero-order valence-corrected chi connectivity index (χ0v) is 14.8. The summed E-state index contributed by atoms with van der Waals surface area (Å²) in [6, 6.07) is 5.14. The highest BCUT2D eigenvalue weighted by Crippen LogP contribution is 2.41. The van der Waals surface area contributed by atoms with Crippen LogP contribution in [-0.4, -0.2) is 24.0 Å². The third-order valence-corrected chi connectivity index (χ3v) is 5.40. The number of hydrogen-bond acceptors (Lipinski definition) is 4. The number of carbonyl (C=O) groups is 1. The van der Waals surface area contributed by atoms with Crippen LogP contribution in [0.2, 0.25) is 0 Å². The number of benzene rings is 1. The second-order valence-electron chi connectivity index (χ2n) is 5.98. The van der Waals surface area contributed by atoms with E-state index in [2.05, 4.69) is 10.3 Å². The molecule has 1 saturated carbocycles. The molecule has 1 amide bonds. The standard InChI is InChI=1S/C18H22FN3OS/c1-3-22(4-2)15-8-5-12(9-14(15)19)10-20-17(23)16-11-21-18(24-16)13-6-7-13/h5,8-9,11,13H,3-4,6-7,10H2,1-2H3,(H,20,23). The quantitative estimate of drug-likeness (QED) is 0.825. The molecule has 0 aliphatic heterocycles. The second kappa shape index (κ2) is 7.30. The molecule has 0 bridgehead atoms. The Kier molecular flexibility index (Phi) is 5.14. The minimum Gasteiger partial charge on any atom is -0.370 e. The van der Waals surface area contributed by atoms with Crippen LogP contribution in [0.1, 0.15) is 52.8 Å². The molecule has 0 saturated heterocycles. The maximum absolute atomic E-state index is 14.3. The molecule has 128 valence electrons. The van der Waals surface area contributed by atoms with Gasteiger partial charge in [-0.15, -0.1) is 11.3 Å². The summed E-state index contributed by atoms with van der Waals surface area (Å²) in [6.07, 6.45) is 3.98. The van der Waals surface area contributed by atoms with E-state index in [1.165, 1.54) is 30.2 Å². The Bertz CT molecular complexity index is 723. The van der Waals surface area contributed by atoms with E-state index in [0.717, 1.165) is 23.7 Å².